The Morgan fingerprint density at radius 1 is 0.245 bits per heavy atom. The van der Waals surface area contributed by atoms with Gasteiger partial charge in [-0.25, -0.2) is 9.59 Å². The summed E-state index contributed by atoms with van der Waals surface area (Å²) in [6, 6.07) is 0. The minimum Gasteiger partial charge on any atom is -0.479 e. The molecule has 8 heterocycles. The lowest BCUT2D eigenvalue weighted by Gasteiger charge is -2.52. The van der Waals surface area contributed by atoms with E-state index in [-0.39, 0.29) is 87.2 Å². The van der Waals surface area contributed by atoms with Gasteiger partial charge in [0.25, 0.3) is 0 Å². The SMILES string of the molecule is CC1C(C)[C@H](O[C@H]2O[C@@H](COS)[C@@H](O[C@@H]3OC(C(=O)O)[C@@H](O[C@H]4OC(COS)[C@@H](O[C@H]5OC(COS)[C@@H](O[C@H]6OC(COS)[C@@H](O[C@H]7OC(COS)[C@H](OS)[C@H](C)C7C)[C@H](C)C6C)[C@H](C)C5C)[C@H](C)C4C)[C@H](C)C3C)C(OS)C2OS)[C@H](C(=O)O)O[C@@H]1O[C@@H]1C(COS)O[C@H](C)C(OS)[C@H]1OS. The first-order valence-electron chi connectivity index (χ1n) is 34.0. The number of carboxylic acids is 2. The maximum absolute atomic E-state index is 13.5. The van der Waals surface area contributed by atoms with Crippen molar-refractivity contribution in [3.05, 3.63) is 0 Å². The van der Waals surface area contributed by atoms with Gasteiger partial charge in [-0.3, -0.25) is 0 Å². The Morgan fingerprint density at radius 2 is 0.461 bits per heavy atom. The van der Waals surface area contributed by atoms with Crippen molar-refractivity contribution in [1.82, 2.24) is 0 Å². The second-order valence-corrected chi connectivity index (χ2v) is 30.9. The molecule has 16 unspecified atom stereocenters. The van der Waals surface area contributed by atoms with Crippen LogP contribution in [0.4, 0.5) is 0 Å². The summed E-state index contributed by atoms with van der Waals surface area (Å²) in [5.41, 5.74) is 0. The Balaban J connectivity index is 0.915. The van der Waals surface area contributed by atoms with Gasteiger partial charge in [-0.05, 0) is 184 Å². The van der Waals surface area contributed by atoms with Gasteiger partial charge in [0.15, 0.2) is 62.3 Å². The van der Waals surface area contributed by atoms with Crippen LogP contribution in [-0.4, -0.2) is 234 Å². The minimum atomic E-state index is -1.67. The first-order valence-corrected chi connectivity index (χ1v) is 38.1. The highest BCUT2D eigenvalue weighted by atomic mass is 32.1. The van der Waals surface area contributed by atoms with Gasteiger partial charge in [0.2, 0.25) is 0 Å². The standard InChI is InChI=1S/C61H104O30S11/c1-20-26(7)56(73-33(14-66-92)39(20)78-55-27(8)21(2)40(34(74-55)15-67-93)80-57-29(10)23(4)42(87-98)36(76-57)17-69-95)79-41-22(3)28(9)58(75-35(41)16-68-94)81-43-24(5)30(11)60(85-50(43)53(62)63)84-47-38(19-71-97)77-61(52(91-102)49(47)90-101)82-44-25(6)31(12)59(86-51(44)54(64)65)83-46-37(18-70-96)72-32(13)45(88-99)48(46)89-100/h20-52,55-61,92-102H,14-19H2,1-13H3,(H,62,63)(H,64,65)/t20-,21-,22-,23-,24-,25?,26?,27?,28?,29?,30?,31?,32-,33?,34?,35?,36?,37?,38+,39+,40+,41+,42-,43+,44+,45?,46-,47-,48-,49?,50?,51-,52?,55-,56-,57-,58-,59+,60-,61-/m1/s1. The Labute approximate surface area is 658 Å². The van der Waals surface area contributed by atoms with Gasteiger partial charge in [-0.1, -0.05) is 83.1 Å². The fraction of sp³-hybridized carbons (Fsp3) is 0.967. The second-order valence-electron chi connectivity index (χ2n) is 28.3. The van der Waals surface area contributed by atoms with Gasteiger partial charge in [-0.2, -0.15) is 0 Å². The molecular weight excluding hydrogens is 1570 g/mol. The maximum Gasteiger partial charge on any atom is 0.335 e. The summed E-state index contributed by atoms with van der Waals surface area (Å²) < 4.78 is 159. The first-order chi connectivity index (χ1) is 48.7. The van der Waals surface area contributed by atoms with E-state index in [4.69, 9.17) is 117 Å². The van der Waals surface area contributed by atoms with Crippen molar-refractivity contribution < 1.29 is 137 Å². The van der Waals surface area contributed by atoms with Crippen LogP contribution in [0.25, 0.3) is 0 Å². The molecule has 8 aliphatic heterocycles. The minimum absolute atomic E-state index is 0.00867. The lowest BCUT2D eigenvalue weighted by atomic mass is 9.81. The third kappa shape index (κ3) is 20.3. The zero-order valence-electron chi connectivity index (χ0n) is 58.6. The number of ether oxygens (including phenoxy) is 15. The van der Waals surface area contributed by atoms with E-state index in [2.05, 4.69) is 163 Å². The molecule has 41 heteroatoms. The molecule has 0 aliphatic carbocycles. The normalized spacial score (nSPS) is 48.2. The lowest BCUT2D eigenvalue weighted by Crippen LogP contribution is -2.65. The first kappa shape index (κ1) is 89.3. The predicted molar refractivity (Wildman–Crippen MR) is 393 cm³/mol. The molecule has 0 saturated carbocycles. The molecule has 8 rings (SSSR count). The van der Waals surface area contributed by atoms with E-state index < -0.39 is 208 Å². The molecule has 8 saturated heterocycles. The van der Waals surface area contributed by atoms with Crippen molar-refractivity contribution in [2.45, 2.75) is 262 Å². The van der Waals surface area contributed by atoms with E-state index in [1.54, 1.807) is 20.8 Å². The topological polar surface area (TPSA) is 315 Å². The van der Waals surface area contributed by atoms with Crippen LogP contribution in [0.2, 0.25) is 0 Å². The van der Waals surface area contributed by atoms with Gasteiger partial charge in [0.1, 0.15) is 85.5 Å². The summed E-state index contributed by atoms with van der Waals surface area (Å²) in [6.45, 7) is 24.9. The lowest BCUT2D eigenvalue weighted by molar-refractivity contribution is -0.373. The van der Waals surface area contributed by atoms with Gasteiger partial charge in [-0.15, -0.1) is 0 Å². The maximum atomic E-state index is 13.5. The summed E-state index contributed by atoms with van der Waals surface area (Å²) in [7, 11) is 0. The summed E-state index contributed by atoms with van der Waals surface area (Å²) in [4.78, 5) is 26.7. The van der Waals surface area contributed by atoms with Crippen LogP contribution in [-0.2, 0) is 127 Å². The molecule has 594 valence electrons. The number of aliphatic carboxylic acids is 2. The number of rotatable bonds is 33. The molecule has 2 N–H and O–H groups in total. The molecule has 8 aliphatic rings. The Morgan fingerprint density at radius 3 is 0.755 bits per heavy atom. The molecule has 0 aromatic heterocycles. The van der Waals surface area contributed by atoms with E-state index in [0.29, 0.717) is 0 Å². The molecule has 30 nitrogen and oxygen atoms in total. The largest absolute Gasteiger partial charge is 0.479 e. The monoisotopic (exact) mass is 1670 g/mol. The van der Waals surface area contributed by atoms with Gasteiger partial charge >= 0.3 is 11.9 Å². The molecule has 40 atom stereocenters. The highest BCUT2D eigenvalue weighted by molar-refractivity contribution is 7.76. The van der Waals surface area contributed by atoms with Crippen LogP contribution in [0.1, 0.15) is 90.0 Å². The molecular formula is C61H104O30S11. The molecule has 0 bridgehead atoms. The molecule has 102 heavy (non-hydrogen) atoms. The number of thiol groups is 11. The van der Waals surface area contributed by atoms with Gasteiger partial charge in [0, 0.05) is 35.5 Å². The van der Waals surface area contributed by atoms with Crippen LogP contribution in [0.15, 0.2) is 0 Å². The van der Waals surface area contributed by atoms with Crippen LogP contribution < -0.4 is 0 Å². The number of hydrogen-bond acceptors (Lipinski definition) is 39. The van der Waals surface area contributed by atoms with Crippen LogP contribution in [0.5, 0.6) is 0 Å². The average Bonchev–Trinajstić information content (AvgIpc) is 0.770. The van der Waals surface area contributed by atoms with Gasteiger partial charge < -0.3 is 127 Å². The summed E-state index contributed by atoms with van der Waals surface area (Å²) in [5.74, 6) is -6.88. The van der Waals surface area contributed by atoms with Crippen molar-refractivity contribution in [3.8, 4) is 0 Å². The van der Waals surface area contributed by atoms with E-state index >= 15 is 0 Å². The fourth-order valence-corrected chi connectivity index (χ4v) is 17.3. The van der Waals surface area contributed by atoms with Crippen molar-refractivity contribution in [1.29, 1.82) is 0 Å². The van der Waals surface area contributed by atoms with E-state index in [1.807, 2.05) is 48.5 Å². The summed E-state index contributed by atoms with van der Waals surface area (Å²) in [5, 5.41) is 21.7. The Bertz CT molecular complexity index is 2540. The zero-order valence-corrected chi connectivity index (χ0v) is 68.4. The highest BCUT2D eigenvalue weighted by Crippen LogP contribution is 2.47. The second kappa shape index (κ2) is 41.7. The van der Waals surface area contributed by atoms with Crippen molar-refractivity contribution in [2.24, 2.45) is 71.0 Å². The third-order valence-corrected chi connectivity index (χ3v) is 24.7. The number of carboxylic acid groups (broad SMARTS) is 2. The van der Waals surface area contributed by atoms with Crippen molar-refractivity contribution >= 4 is 154 Å². The molecule has 0 radical (unpaired) electrons. The average molecular weight is 1670 g/mol. The summed E-state index contributed by atoms with van der Waals surface area (Å²) in [6.07, 6.45) is -26.4. The Hall–Kier alpha value is 1.75. The van der Waals surface area contributed by atoms with Gasteiger partial charge in [0.05, 0.1) is 64.1 Å². The summed E-state index contributed by atoms with van der Waals surface area (Å²) >= 11 is 45.1. The van der Waals surface area contributed by atoms with Crippen LogP contribution in [0.3, 0.4) is 0 Å². The third-order valence-electron chi connectivity index (χ3n) is 22.5. The van der Waals surface area contributed by atoms with Crippen LogP contribution in [0, 0.1) is 71.0 Å². The molecule has 0 aromatic carbocycles. The number of hydrogen-bond donors (Lipinski definition) is 13. The highest BCUT2D eigenvalue weighted by Gasteiger charge is 2.60. The van der Waals surface area contributed by atoms with E-state index in [9.17, 15) is 19.8 Å². The van der Waals surface area contributed by atoms with Crippen molar-refractivity contribution in [3.63, 3.8) is 0 Å². The smallest absolute Gasteiger partial charge is 0.335 e. The van der Waals surface area contributed by atoms with Crippen molar-refractivity contribution in [2.75, 3.05) is 39.6 Å². The predicted octanol–water partition coefficient (Wildman–Crippen LogP) is 7.67. The number of carbonyl (C=O) groups is 2. The quantitative estimate of drug-likeness (QED) is 0.0221. The molecule has 0 amide bonds. The van der Waals surface area contributed by atoms with Crippen LogP contribution >= 0.6 is 142 Å². The van der Waals surface area contributed by atoms with E-state index in [1.165, 1.54) is 0 Å². The fourth-order valence-electron chi connectivity index (χ4n) is 15.1. The molecule has 0 spiro atoms. The zero-order chi connectivity index (χ0) is 74.9. The van der Waals surface area contributed by atoms with E-state index in [0.717, 1.165) is 0 Å². The molecule has 8 fully saturated rings. The molecule has 0 aromatic rings. The Kier molecular flexibility index (Phi) is 36.5.